The molecule has 0 radical (unpaired) electrons. The molecule has 0 rings (SSSR count). The molecule has 0 N–H and O–H groups in total. The third-order valence-corrected chi connectivity index (χ3v) is 6.92. The summed E-state index contributed by atoms with van der Waals surface area (Å²) in [5, 5.41) is 0. The number of esters is 1. The highest BCUT2D eigenvalue weighted by Gasteiger charge is 2.26. The molecule has 0 unspecified atom stereocenters. The van der Waals surface area contributed by atoms with Crippen molar-refractivity contribution in [3.63, 3.8) is 0 Å². The fourth-order valence-electron chi connectivity index (χ4n) is 0.828. The molecule has 0 aromatic rings. The number of halogens is 3. The van der Waals surface area contributed by atoms with E-state index in [1.807, 2.05) is 0 Å². The van der Waals surface area contributed by atoms with Crippen molar-refractivity contribution in [3.05, 3.63) is 12.2 Å². The van der Waals surface area contributed by atoms with Gasteiger partial charge in [-0.05, 0) is 6.92 Å². The first kappa shape index (κ1) is 18.4. The quantitative estimate of drug-likeness (QED) is 0.139. The van der Waals surface area contributed by atoms with Crippen LogP contribution in [0.25, 0.3) is 0 Å². The van der Waals surface area contributed by atoms with Crippen molar-refractivity contribution in [1.29, 1.82) is 0 Å². The van der Waals surface area contributed by atoms with Crippen LogP contribution >= 0.6 is 67.8 Å². The maximum Gasteiger partial charge on any atom is 0.333 e. The Balaban J connectivity index is 3.76. The van der Waals surface area contributed by atoms with Crippen LogP contribution in [0.2, 0.25) is 0 Å². The lowest BCUT2D eigenvalue weighted by Crippen LogP contribution is -2.33. The van der Waals surface area contributed by atoms with Crippen molar-refractivity contribution < 1.29 is 14.3 Å². The molecular weight excluding hydrogens is 561 g/mol. The molecule has 0 amide bonds. The van der Waals surface area contributed by atoms with Crippen molar-refractivity contribution in [1.82, 2.24) is 0 Å². The molecule has 0 aromatic heterocycles. The monoisotopic (exact) mass is 578 g/mol. The summed E-state index contributed by atoms with van der Waals surface area (Å²) in [4.78, 5) is 11.1. The average molecular weight is 578 g/mol. The number of carbonyl (C=O) groups excluding carboxylic acids is 1. The molecule has 100 valence electrons. The van der Waals surface area contributed by atoms with Crippen LogP contribution < -0.4 is 0 Å². The third kappa shape index (κ3) is 7.51. The standard InChI is InChI=1S/C11H17I3O3/c1-9(2)10(15)17-4-3-16-8-11(5-12,6-13)7-14/h1,3-8H2,2H3. The summed E-state index contributed by atoms with van der Waals surface area (Å²) in [5.41, 5.74) is 0.658. The minimum Gasteiger partial charge on any atom is -0.460 e. The first-order valence-electron chi connectivity index (χ1n) is 5.09. The van der Waals surface area contributed by atoms with Crippen LogP contribution in [-0.4, -0.2) is 39.1 Å². The Morgan fingerprint density at radius 2 is 1.71 bits per heavy atom. The lowest BCUT2D eigenvalue weighted by molar-refractivity contribution is -0.140. The highest BCUT2D eigenvalue weighted by Crippen LogP contribution is 2.26. The van der Waals surface area contributed by atoms with Crippen molar-refractivity contribution in [2.45, 2.75) is 6.92 Å². The lowest BCUT2D eigenvalue weighted by atomic mass is 9.98. The second-order valence-electron chi connectivity index (χ2n) is 3.87. The van der Waals surface area contributed by atoms with Gasteiger partial charge in [-0.25, -0.2) is 4.79 Å². The van der Waals surface area contributed by atoms with Gasteiger partial charge in [-0.15, -0.1) is 0 Å². The van der Waals surface area contributed by atoms with Crippen molar-refractivity contribution >= 4 is 73.7 Å². The van der Waals surface area contributed by atoms with Crippen molar-refractivity contribution in [3.8, 4) is 0 Å². The zero-order valence-electron chi connectivity index (χ0n) is 9.81. The molecule has 0 atom stereocenters. The minimum absolute atomic E-state index is 0.236. The molecule has 0 spiro atoms. The molecule has 0 bridgehead atoms. The van der Waals surface area contributed by atoms with Gasteiger partial charge in [0.2, 0.25) is 0 Å². The highest BCUT2D eigenvalue weighted by molar-refractivity contribution is 14.1. The van der Waals surface area contributed by atoms with Gasteiger partial charge in [0.05, 0.1) is 13.2 Å². The third-order valence-electron chi connectivity index (χ3n) is 2.07. The predicted molar refractivity (Wildman–Crippen MR) is 95.7 cm³/mol. The number of ether oxygens (including phenoxy) is 2. The van der Waals surface area contributed by atoms with E-state index in [0.29, 0.717) is 25.4 Å². The molecule has 0 aromatic carbocycles. The van der Waals surface area contributed by atoms with Gasteiger partial charge in [-0.3, -0.25) is 0 Å². The molecule has 0 fully saturated rings. The fraction of sp³-hybridized carbons (Fsp3) is 0.727. The van der Waals surface area contributed by atoms with Crippen LogP contribution in [0.3, 0.4) is 0 Å². The van der Waals surface area contributed by atoms with Crippen LogP contribution in [0, 0.1) is 5.41 Å². The second-order valence-corrected chi connectivity index (χ2v) is 6.16. The van der Waals surface area contributed by atoms with Gasteiger partial charge in [-0.1, -0.05) is 74.4 Å². The molecule has 0 saturated heterocycles. The summed E-state index contributed by atoms with van der Waals surface area (Å²) in [6.07, 6.45) is 0. The molecule has 0 aliphatic carbocycles. The molecule has 0 saturated carbocycles. The molecule has 0 aliphatic rings. The lowest BCUT2D eigenvalue weighted by Gasteiger charge is -2.27. The van der Waals surface area contributed by atoms with Gasteiger partial charge in [0, 0.05) is 24.3 Å². The average Bonchev–Trinajstić information content (AvgIpc) is 2.34. The first-order valence-corrected chi connectivity index (χ1v) is 9.67. The summed E-state index contributed by atoms with van der Waals surface area (Å²) in [7, 11) is 0. The molecule has 17 heavy (non-hydrogen) atoms. The molecule has 0 heterocycles. The Morgan fingerprint density at radius 3 is 2.12 bits per heavy atom. The molecule has 6 heteroatoms. The number of alkyl halides is 3. The van der Waals surface area contributed by atoms with E-state index in [9.17, 15) is 4.79 Å². The van der Waals surface area contributed by atoms with E-state index in [-0.39, 0.29) is 11.4 Å². The number of hydrogen-bond acceptors (Lipinski definition) is 3. The van der Waals surface area contributed by atoms with Crippen LogP contribution in [0.5, 0.6) is 0 Å². The number of hydrogen-bond donors (Lipinski definition) is 0. The summed E-state index contributed by atoms with van der Waals surface area (Å²) < 4.78 is 13.7. The second kappa shape index (κ2) is 10.2. The van der Waals surface area contributed by atoms with Gasteiger partial charge in [0.1, 0.15) is 6.61 Å². The summed E-state index contributed by atoms with van der Waals surface area (Å²) in [6, 6.07) is 0. The number of carbonyl (C=O) groups is 1. The van der Waals surface area contributed by atoms with Gasteiger partial charge in [0.15, 0.2) is 0 Å². The molecular formula is C11H17I3O3. The van der Waals surface area contributed by atoms with E-state index in [2.05, 4.69) is 74.4 Å². The van der Waals surface area contributed by atoms with Gasteiger partial charge < -0.3 is 9.47 Å². The van der Waals surface area contributed by atoms with Crippen molar-refractivity contribution in [2.75, 3.05) is 33.1 Å². The molecule has 3 nitrogen and oxygen atoms in total. The molecule has 0 aliphatic heterocycles. The zero-order chi connectivity index (χ0) is 13.3. The maximum atomic E-state index is 11.1. The number of rotatable bonds is 9. The van der Waals surface area contributed by atoms with Crippen LogP contribution in [-0.2, 0) is 14.3 Å². The Hall–Kier alpha value is 1.36. The highest BCUT2D eigenvalue weighted by atomic mass is 127. The summed E-state index contributed by atoms with van der Waals surface area (Å²) in [6.45, 7) is 6.61. The normalized spacial score (nSPS) is 11.3. The largest absolute Gasteiger partial charge is 0.460 e. The van der Waals surface area contributed by atoms with E-state index >= 15 is 0 Å². The zero-order valence-corrected chi connectivity index (χ0v) is 16.3. The first-order chi connectivity index (χ1) is 8.01. The maximum absolute atomic E-state index is 11.1. The van der Waals surface area contributed by atoms with E-state index < -0.39 is 0 Å². The van der Waals surface area contributed by atoms with Gasteiger partial charge in [0.25, 0.3) is 0 Å². The van der Waals surface area contributed by atoms with Gasteiger partial charge >= 0.3 is 5.97 Å². The van der Waals surface area contributed by atoms with E-state index in [1.54, 1.807) is 6.92 Å². The van der Waals surface area contributed by atoms with E-state index in [1.165, 1.54) is 0 Å². The summed E-state index contributed by atoms with van der Waals surface area (Å²) in [5.74, 6) is -0.350. The van der Waals surface area contributed by atoms with Crippen LogP contribution in [0.1, 0.15) is 6.92 Å². The SMILES string of the molecule is C=C(C)C(=O)OCCOCC(CI)(CI)CI. The van der Waals surface area contributed by atoms with Crippen LogP contribution in [0.15, 0.2) is 12.2 Å². The van der Waals surface area contributed by atoms with E-state index in [0.717, 1.165) is 13.3 Å². The Kier molecular flexibility index (Phi) is 11.0. The fourth-order valence-corrected chi connectivity index (χ4v) is 6.20. The van der Waals surface area contributed by atoms with E-state index in [4.69, 9.17) is 9.47 Å². The van der Waals surface area contributed by atoms with Crippen LogP contribution in [0.4, 0.5) is 0 Å². The topological polar surface area (TPSA) is 35.5 Å². The Morgan fingerprint density at radius 1 is 1.18 bits per heavy atom. The minimum atomic E-state index is -0.350. The smallest absolute Gasteiger partial charge is 0.333 e. The predicted octanol–water partition coefficient (Wildman–Crippen LogP) is 3.41. The Bertz CT molecular complexity index is 244. The Labute approximate surface area is 144 Å². The van der Waals surface area contributed by atoms with Gasteiger partial charge in [-0.2, -0.15) is 0 Å². The van der Waals surface area contributed by atoms with Crippen molar-refractivity contribution in [2.24, 2.45) is 5.41 Å². The summed E-state index contributed by atoms with van der Waals surface area (Å²) >= 11 is 7.19.